The average Bonchev–Trinajstić information content (AvgIpc) is 2.47. The van der Waals surface area contributed by atoms with Crippen molar-refractivity contribution >= 4 is 15.7 Å². The second-order valence-corrected chi connectivity index (χ2v) is 7.18. The third-order valence-electron chi connectivity index (χ3n) is 3.94. The summed E-state index contributed by atoms with van der Waals surface area (Å²) in [6, 6.07) is 4.88. The molecule has 2 atom stereocenters. The van der Waals surface area contributed by atoms with Crippen LogP contribution < -0.4 is 5.73 Å². The summed E-state index contributed by atoms with van der Waals surface area (Å²) in [5, 5.41) is 10.8. The quantitative estimate of drug-likeness (QED) is 0.667. The minimum absolute atomic E-state index is 0.0516. The third kappa shape index (κ3) is 3.07. The van der Waals surface area contributed by atoms with Crippen molar-refractivity contribution in [3.63, 3.8) is 0 Å². The van der Waals surface area contributed by atoms with Crippen molar-refractivity contribution < 1.29 is 13.3 Å². The second kappa shape index (κ2) is 6.08. The largest absolute Gasteiger partial charge is 0.329 e. The van der Waals surface area contributed by atoms with E-state index in [2.05, 4.69) is 0 Å². The van der Waals surface area contributed by atoms with Gasteiger partial charge in [0, 0.05) is 31.3 Å². The molecule has 0 aromatic heterocycles. The van der Waals surface area contributed by atoms with E-state index in [1.54, 1.807) is 0 Å². The molecule has 2 rings (SSSR count). The van der Waals surface area contributed by atoms with Crippen LogP contribution >= 0.6 is 0 Å². The van der Waals surface area contributed by atoms with Gasteiger partial charge in [0.15, 0.2) is 0 Å². The van der Waals surface area contributed by atoms with Gasteiger partial charge in [-0.25, -0.2) is 8.42 Å². The van der Waals surface area contributed by atoms with Crippen LogP contribution in [0.3, 0.4) is 0 Å². The van der Waals surface area contributed by atoms with E-state index in [9.17, 15) is 18.5 Å². The minimum atomic E-state index is -3.76. The summed E-state index contributed by atoms with van der Waals surface area (Å²) in [5.74, 6) is 0.178. The van der Waals surface area contributed by atoms with Crippen LogP contribution in [0.15, 0.2) is 29.2 Å². The highest BCUT2D eigenvalue weighted by Gasteiger charge is 2.36. The zero-order chi connectivity index (χ0) is 15.6. The van der Waals surface area contributed by atoms with Crippen molar-refractivity contribution in [2.24, 2.45) is 11.7 Å². The topological polar surface area (TPSA) is 107 Å². The summed E-state index contributed by atoms with van der Waals surface area (Å²) in [6.45, 7) is 2.62. The van der Waals surface area contributed by atoms with E-state index in [0.717, 1.165) is 18.9 Å². The number of sulfonamides is 1. The SMILES string of the molecule is CC1CCCN(S(=O)(=O)c2cccc([N+](=O)[O-])c2)C1CN. The maximum absolute atomic E-state index is 12.7. The van der Waals surface area contributed by atoms with E-state index in [4.69, 9.17) is 5.73 Å². The fraction of sp³-hybridized carbons (Fsp3) is 0.538. The Hall–Kier alpha value is -1.51. The smallest absolute Gasteiger partial charge is 0.270 e. The Bertz CT molecular complexity index is 632. The van der Waals surface area contributed by atoms with E-state index in [1.807, 2.05) is 6.92 Å². The molecule has 7 nitrogen and oxygen atoms in total. The van der Waals surface area contributed by atoms with Crippen molar-refractivity contribution in [1.82, 2.24) is 4.31 Å². The van der Waals surface area contributed by atoms with Gasteiger partial charge in [-0.2, -0.15) is 4.31 Å². The number of non-ortho nitro benzene ring substituents is 1. The van der Waals surface area contributed by atoms with Crippen molar-refractivity contribution in [2.75, 3.05) is 13.1 Å². The first-order chi connectivity index (χ1) is 9.87. The molecule has 2 unspecified atom stereocenters. The molecule has 0 amide bonds. The van der Waals surface area contributed by atoms with E-state index in [1.165, 1.54) is 22.5 Å². The number of piperidine rings is 1. The Morgan fingerprint density at radius 3 is 2.81 bits per heavy atom. The molecule has 1 fully saturated rings. The maximum atomic E-state index is 12.7. The first-order valence-electron chi connectivity index (χ1n) is 6.84. The number of nitro groups is 1. The lowest BCUT2D eigenvalue weighted by Gasteiger charge is -2.38. The van der Waals surface area contributed by atoms with Crippen LogP contribution in [0.5, 0.6) is 0 Å². The Kier molecular flexibility index (Phi) is 4.60. The molecule has 116 valence electrons. The normalized spacial score (nSPS) is 23.9. The number of nitrogens with zero attached hydrogens (tertiary/aromatic N) is 2. The number of nitrogens with two attached hydrogens (primary N) is 1. The van der Waals surface area contributed by atoms with Gasteiger partial charge in [0.25, 0.3) is 5.69 Å². The van der Waals surface area contributed by atoms with Gasteiger partial charge in [0.1, 0.15) is 0 Å². The van der Waals surface area contributed by atoms with Gasteiger partial charge in [-0.3, -0.25) is 10.1 Å². The molecule has 1 aliphatic heterocycles. The lowest BCUT2D eigenvalue weighted by molar-refractivity contribution is -0.385. The Labute approximate surface area is 123 Å². The zero-order valence-electron chi connectivity index (χ0n) is 11.8. The first kappa shape index (κ1) is 15.9. The van der Waals surface area contributed by atoms with E-state index in [0.29, 0.717) is 6.54 Å². The predicted molar refractivity (Wildman–Crippen MR) is 78.2 cm³/mol. The predicted octanol–water partition coefficient (Wildman–Crippen LogP) is 1.34. The number of hydrogen-bond donors (Lipinski definition) is 1. The van der Waals surface area contributed by atoms with Crippen LogP contribution in [0, 0.1) is 16.0 Å². The molecule has 0 bridgehead atoms. The summed E-state index contributed by atoms with van der Waals surface area (Å²) in [6.07, 6.45) is 1.70. The van der Waals surface area contributed by atoms with Gasteiger partial charge in [0.2, 0.25) is 10.0 Å². The molecule has 2 N–H and O–H groups in total. The molecule has 21 heavy (non-hydrogen) atoms. The Morgan fingerprint density at radius 1 is 1.48 bits per heavy atom. The molecule has 1 aromatic rings. The van der Waals surface area contributed by atoms with Crippen LogP contribution in [0.1, 0.15) is 19.8 Å². The first-order valence-corrected chi connectivity index (χ1v) is 8.28. The lowest BCUT2D eigenvalue weighted by Crippen LogP contribution is -2.51. The van der Waals surface area contributed by atoms with Crippen LogP contribution in [0.4, 0.5) is 5.69 Å². The number of rotatable bonds is 4. The number of nitro benzene ring substituents is 1. The molecule has 1 aromatic carbocycles. The highest BCUT2D eigenvalue weighted by Crippen LogP contribution is 2.29. The van der Waals surface area contributed by atoms with Gasteiger partial charge in [0.05, 0.1) is 9.82 Å². The van der Waals surface area contributed by atoms with E-state index in [-0.39, 0.29) is 29.1 Å². The average molecular weight is 313 g/mol. The summed E-state index contributed by atoms with van der Waals surface area (Å²) in [5.41, 5.74) is 5.49. The number of hydrogen-bond acceptors (Lipinski definition) is 5. The van der Waals surface area contributed by atoms with Gasteiger partial charge >= 0.3 is 0 Å². The van der Waals surface area contributed by atoms with Crippen LogP contribution in [-0.4, -0.2) is 36.8 Å². The summed E-state index contributed by atoms with van der Waals surface area (Å²) < 4.78 is 26.8. The molecule has 0 radical (unpaired) electrons. The zero-order valence-corrected chi connectivity index (χ0v) is 12.6. The van der Waals surface area contributed by atoms with Crippen LogP contribution in [0.25, 0.3) is 0 Å². The van der Waals surface area contributed by atoms with Crippen molar-refractivity contribution in [3.8, 4) is 0 Å². The van der Waals surface area contributed by atoms with E-state index < -0.39 is 14.9 Å². The molecular formula is C13H19N3O4S. The molecular weight excluding hydrogens is 294 g/mol. The Morgan fingerprint density at radius 2 is 2.19 bits per heavy atom. The molecule has 1 saturated heterocycles. The maximum Gasteiger partial charge on any atom is 0.270 e. The Balaban J connectivity index is 2.41. The van der Waals surface area contributed by atoms with Gasteiger partial charge in [-0.1, -0.05) is 13.0 Å². The third-order valence-corrected chi connectivity index (χ3v) is 5.86. The monoisotopic (exact) mass is 313 g/mol. The molecule has 0 saturated carbocycles. The fourth-order valence-corrected chi connectivity index (χ4v) is 4.56. The van der Waals surface area contributed by atoms with Crippen molar-refractivity contribution in [3.05, 3.63) is 34.4 Å². The lowest BCUT2D eigenvalue weighted by atomic mass is 9.93. The van der Waals surface area contributed by atoms with E-state index >= 15 is 0 Å². The molecule has 1 aliphatic rings. The summed E-state index contributed by atoms with van der Waals surface area (Å²) >= 11 is 0. The van der Waals surface area contributed by atoms with Crippen LogP contribution in [-0.2, 0) is 10.0 Å². The summed E-state index contributed by atoms with van der Waals surface area (Å²) in [4.78, 5) is 10.2. The molecule has 1 heterocycles. The molecule has 8 heteroatoms. The van der Waals surface area contributed by atoms with Gasteiger partial charge in [-0.15, -0.1) is 0 Å². The van der Waals surface area contributed by atoms with Gasteiger partial charge < -0.3 is 5.73 Å². The fourth-order valence-electron chi connectivity index (χ4n) is 2.75. The van der Waals surface area contributed by atoms with Crippen molar-refractivity contribution in [2.45, 2.75) is 30.7 Å². The molecule has 0 aliphatic carbocycles. The highest BCUT2D eigenvalue weighted by molar-refractivity contribution is 7.89. The highest BCUT2D eigenvalue weighted by atomic mass is 32.2. The minimum Gasteiger partial charge on any atom is -0.329 e. The molecule has 0 spiro atoms. The standard InChI is InChI=1S/C13H19N3O4S/c1-10-4-3-7-15(13(10)9-14)21(19,20)12-6-2-5-11(8-12)16(17)18/h2,5-6,8,10,13H,3-4,7,9,14H2,1H3. The second-order valence-electron chi connectivity index (χ2n) is 5.29. The summed E-state index contributed by atoms with van der Waals surface area (Å²) in [7, 11) is -3.76. The van der Waals surface area contributed by atoms with Crippen molar-refractivity contribution in [1.29, 1.82) is 0 Å². The van der Waals surface area contributed by atoms with Crippen LogP contribution in [0.2, 0.25) is 0 Å². The number of benzene rings is 1. The van der Waals surface area contributed by atoms with Gasteiger partial charge in [-0.05, 0) is 24.8 Å².